The Morgan fingerprint density at radius 3 is 2.87 bits per heavy atom. The molecule has 0 unspecified atom stereocenters. The zero-order valence-corrected chi connectivity index (χ0v) is 13.2. The molecule has 0 aliphatic rings. The summed E-state index contributed by atoms with van der Waals surface area (Å²) in [6.07, 6.45) is 3.76. The van der Waals surface area contributed by atoms with E-state index in [-0.39, 0.29) is 11.7 Å². The van der Waals surface area contributed by atoms with Crippen molar-refractivity contribution in [3.63, 3.8) is 0 Å². The molecule has 0 spiro atoms. The number of carbonyl (C=O) groups is 1. The highest BCUT2D eigenvalue weighted by Crippen LogP contribution is 2.18. The molecule has 1 aromatic carbocycles. The molecule has 0 aliphatic heterocycles. The van der Waals surface area contributed by atoms with Crippen LogP contribution in [0, 0.1) is 12.7 Å². The van der Waals surface area contributed by atoms with Crippen LogP contribution in [0.2, 0.25) is 0 Å². The van der Waals surface area contributed by atoms with Crippen LogP contribution in [-0.2, 0) is 6.42 Å². The van der Waals surface area contributed by atoms with Crippen molar-refractivity contribution < 1.29 is 9.18 Å². The molecule has 0 aliphatic carbocycles. The number of hydrogen-bond acceptors (Lipinski definition) is 4. The minimum Gasteiger partial charge on any atom is -0.298 e. The van der Waals surface area contributed by atoms with E-state index < -0.39 is 0 Å². The lowest BCUT2D eigenvalue weighted by atomic mass is 10.1. The maximum absolute atomic E-state index is 13.2. The van der Waals surface area contributed by atoms with E-state index in [9.17, 15) is 9.18 Å². The van der Waals surface area contributed by atoms with E-state index in [0.29, 0.717) is 22.8 Å². The minimum absolute atomic E-state index is 0.234. The highest BCUT2D eigenvalue weighted by molar-refractivity contribution is 7.15. The van der Waals surface area contributed by atoms with Gasteiger partial charge >= 0.3 is 0 Å². The van der Waals surface area contributed by atoms with Gasteiger partial charge in [0, 0.05) is 34.9 Å². The molecule has 0 bridgehead atoms. The van der Waals surface area contributed by atoms with Crippen molar-refractivity contribution in [2.75, 3.05) is 5.32 Å². The Hall–Kier alpha value is -2.60. The number of halogens is 1. The lowest BCUT2D eigenvalue weighted by Gasteiger charge is -2.05. The highest BCUT2D eigenvalue weighted by atomic mass is 32.1. The molecule has 1 amide bonds. The standard InChI is InChI=1S/C17H14FN3OS/c1-11-10-20-17(23-11)21-16(22)13-5-6-19-15(9-13)8-12-3-2-4-14(18)7-12/h2-7,9-10H,8H2,1H3,(H,20,21,22). The predicted octanol–water partition coefficient (Wildman–Crippen LogP) is 3.83. The Bertz CT molecular complexity index is 847. The van der Waals surface area contributed by atoms with Crippen LogP contribution in [0.25, 0.3) is 0 Å². The molecule has 0 radical (unpaired) electrons. The topological polar surface area (TPSA) is 54.9 Å². The van der Waals surface area contributed by atoms with Crippen molar-refractivity contribution in [2.45, 2.75) is 13.3 Å². The van der Waals surface area contributed by atoms with E-state index in [1.807, 2.05) is 13.0 Å². The predicted molar refractivity (Wildman–Crippen MR) is 88.2 cm³/mol. The van der Waals surface area contributed by atoms with E-state index in [1.54, 1.807) is 30.6 Å². The van der Waals surface area contributed by atoms with Gasteiger partial charge in [0.25, 0.3) is 5.91 Å². The van der Waals surface area contributed by atoms with Gasteiger partial charge < -0.3 is 0 Å². The smallest absolute Gasteiger partial charge is 0.257 e. The fraction of sp³-hybridized carbons (Fsp3) is 0.118. The number of aromatic nitrogens is 2. The van der Waals surface area contributed by atoms with Crippen LogP contribution in [-0.4, -0.2) is 15.9 Å². The first-order valence-corrected chi connectivity index (χ1v) is 7.85. The largest absolute Gasteiger partial charge is 0.298 e. The number of nitrogens with zero attached hydrogens (tertiary/aromatic N) is 2. The van der Waals surface area contributed by atoms with Crippen LogP contribution in [0.1, 0.15) is 26.5 Å². The Morgan fingerprint density at radius 1 is 1.26 bits per heavy atom. The fourth-order valence-electron chi connectivity index (χ4n) is 2.15. The third-order valence-corrected chi connectivity index (χ3v) is 4.02. The molecule has 23 heavy (non-hydrogen) atoms. The highest BCUT2D eigenvalue weighted by Gasteiger charge is 2.10. The van der Waals surface area contributed by atoms with Crippen molar-refractivity contribution in [3.05, 3.63) is 76.3 Å². The second-order valence-electron chi connectivity index (χ2n) is 5.07. The summed E-state index contributed by atoms with van der Waals surface area (Å²) in [5.41, 5.74) is 2.02. The molecule has 0 saturated carbocycles. The number of anilines is 1. The van der Waals surface area contributed by atoms with Crippen LogP contribution >= 0.6 is 11.3 Å². The van der Waals surface area contributed by atoms with Gasteiger partial charge in [-0.1, -0.05) is 12.1 Å². The molecular weight excluding hydrogens is 313 g/mol. The number of carbonyl (C=O) groups excluding carboxylic acids is 1. The molecule has 2 aromatic heterocycles. The number of nitrogens with one attached hydrogen (secondary N) is 1. The minimum atomic E-state index is -0.282. The summed E-state index contributed by atoms with van der Waals surface area (Å²) in [6, 6.07) is 9.71. The van der Waals surface area contributed by atoms with Crippen LogP contribution < -0.4 is 5.32 Å². The second kappa shape index (κ2) is 6.66. The van der Waals surface area contributed by atoms with Gasteiger partial charge in [0.2, 0.25) is 0 Å². The summed E-state index contributed by atoms with van der Waals surface area (Å²) in [4.78, 5) is 21.6. The van der Waals surface area contributed by atoms with Gasteiger partial charge in [-0.05, 0) is 36.8 Å². The molecule has 3 rings (SSSR count). The number of rotatable bonds is 4. The molecule has 3 aromatic rings. The molecule has 116 valence electrons. The third-order valence-electron chi connectivity index (χ3n) is 3.19. The summed E-state index contributed by atoms with van der Waals surface area (Å²) in [7, 11) is 0. The van der Waals surface area contributed by atoms with Crippen molar-refractivity contribution in [2.24, 2.45) is 0 Å². The molecule has 0 fully saturated rings. The first kappa shape index (κ1) is 15.3. The van der Waals surface area contributed by atoms with Gasteiger partial charge in [0.05, 0.1) is 0 Å². The molecule has 6 heteroatoms. The molecule has 2 heterocycles. The molecule has 0 atom stereocenters. The van der Waals surface area contributed by atoms with E-state index in [2.05, 4.69) is 15.3 Å². The summed E-state index contributed by atoms with van der Waals surface area (Å²) in [5, 5.41) is 3.33. The number of amides is 1. The van der Waals surface area contributed by atoms with Crippen molar-refractivity contribution >= 4 is 22.4 Å². The number of pyridine rings is 1. The Labute approximate surface area is 137 Å². The van der Waals surface area contributed by atoms with Crippen molar-refractivity contribution in [1.82, 2.24) is 9.97 Å². The number of thiazole rings is 1. The van der Waals surface area contributed by atoms with E-state index in [1.165, 1.54) is 23.5 Å². The monoisotopic (exact) mass is 327 g/mol. The average molecular weight is 327 g/mol. The van der Waals surface area contributed by atoms with Gasteiger partial charge in [0.1, 0.15) is 5.82 Å². The molecule has 0 saturated heterocycles. The van der Waals surface area contributed by atoms with Gasteiger partial charge in [-0.2, -0.15) is 0 Å². The summed E-state index contributed by atoms with van der Waals surface area (Å²) < 4.78 is 13.2. The summed E-state index contributed by atoms with van der Waals surface area (Å²) in [5.74, 6) is -0.516. The van der Waals surface area contributed by atoms with E-state index in [4.69, 9.17) is 0 Å². The first-order valence-electron chi connectivity index (χ1n) is 7.03. The third kappa shape index (κ3) is 3.98. The summed E-state index contributed by atoms with van der Waals surface area (Å²) in [6.45, 7) is 1.93. The molecule has 1 N–H and O–H groups in total. The fourth-order valence-corrected chi connectivity index (χ4v) is 2.81. The van der Waals surface area contributed by atoms with Crippen LogP contribution in [0.3, 0.4) is 0 Å². The normalized spacial score (nSPS) is 10.5. The van der Waals surface area contributed by atoms with Gasteiger partial charge in [-0.25, -0.2) is 9.37 Å². The molecular formula is C17H14FN3OS. The van der Waals surface area contributed by atoms with Gasteiger partial charge in [0.15, 0.2) is 5.13 Å². The Balaban J connectivity index is 1.75. The Kier molecular flexibility index (Phi) is 4.43. The maximum Gasteiger partial charge on any atom is 0.257 e. The van der Waals surface area contributed by atoms with Crippen LogP contribution in [0.5, 0.6) is 0 Å². The van der Waals surface area contributed by atoms with Crippen LogP contribution in [0.4, 0.5) is 9.52 Å². The van der Waals surface area contributed by atoms with Crippen LogP contribution in [0.15, 0.2) is 48.8 Å². The summed E-state index contributed by atoms with van der Waals surface area (Å²) >= 11 is 1.42. The zero-order chi connectivity index (χ0) is 16.2. The van der Waals surface area contributed by atoms with Gasteiger partial charge in [-0.3, -0.25) is 15.1 Å². The van der Waals surface area contributed by atoms with Crippen molar-refractivity contribution in [3.8, 4) is 0 Å². The number of benzene rings is 1. The van der Waals surface area contributed by atoms with E-state index in [0.717, 1.165) is 10.4 Å². The first-order chi connectivity index (χ1) is 11.1. The van der Waals surface area contributed by atoms with E-state index >= 15 is 0 Å². The number of aryl methyl sites for hydroxylation is 1. The van der Waals surface area contributed by atoms with Gasteiger partial charge in [-0.15, -0.1) is 11.3 Å². The maximum atomic E-state index is 13.2. The quantitative estimate of drug-likeness (QED) is 0.792. The second-order valence-corrected chi connectivity index (χ2v) is 6.31. The SMILES string of the molecule is Cc1cnc(NC(=O)c2ccnc(Cc3cccc(F)c3)c2)s1. The lowest BCUT2D eigenvalue weighted by Crippen LogP contribution is -2.12. The molecule has 4 nitrogen and oxygen atoms in total. The zero-order valence-electron chi connectivity index (χ0n) is 12.4. The lowest BCUT2D eigenvalue weighted by molar-refractivity contribution is 0.102. The average Bonchev–Trinajstić information content (AvgIpc) is 2.92. The van der Waals surface area contributed by atoms with Crippen molar-refractivity contribution in [1.29, 1.82) is 0 Å². The number of hydrogen-bond donors (Lipinski definition) is 1. The Morgan fingerprint density at radius 2 is 2.13 bits per heavy atom.